The number of rotatable bonds is 4. The number of hydrogen-bond donors (Lipinski definition) is 2. The molecule has 1 amide bonds. The molecule has 0 atom stereocenters. The highest BCUT2D eigenvalue weighted by Gasteiger charge is 2.17. The van der Waals surface area contributed by atoms with E-state index in [0.717, 1.165) is 5.56 Å². The number of anilines is 1. The first-order chi connectivity index (χ1) is 13.3. The van der Waals surface area contributed by atoms with Gasteiger partial charge in [0.2, 0.25) is 0 Å². The highest BCUT2D eigenvalue weighted by atomic mass is 35.5. The van der Waals surface area contributed by atoms with Gasteiger partial charge in [-0.05, 0) is 61.4 Å². The second-order valence-electron chi connectivity index (χ2n) is 6.28. The number of aromatic nitrogens is 1. The molecule has 0 unspecified atom stereocenters. The van der Waals surface area contributed by atoms with Crippen LogP contribution in [0.3, 0.4) is 0 Å². The summed E-state index contributed by atoms with van der Waals surface area (Å²) in [6.45, 7) is 3.46. The van der Waals surface area contributed by atoms with Gasteiger partial charge in [-0.25, -0.2) is 9.78 Å². The highest BCUT2D eigenvalue weighted by molar-refractivity contribution is 6.34. The summed E-state index contributed by atoms with van der Waals surface area (Å²) in [6.07, 6.45) is 0. The summed E-state index contributed by atoms with van der Waals surface area (Å²) in [5, 5.41) is 12.7. The Kier molecular flexibility index (Phi) is 5.68. The lowest BCUT2D eigenvalue weighted by atomic mass is 10.0. The van der Waals surface area contributed by atoms with Crippen molar-refractivity contribution in [3.05, 3.63) is 81.0 Å². The molecule has 0 aliphatic carbocycles. The predicted octanol–water partition coefficient (Wildman–Crippen LogP) is 5.62. The lowest BCUT2D eigenvalue weighted by molar-refractivity contribution is 0.0696. The standard InChI is InChI=1S/C21H16Cl2N2O3/c1-11-8-14(21(27)28)9-12(2)18(11)25-20(26)19-16(23)6-7-17(24-19)13-4-3-5-15(22)10-13/h3-10H,1-2H3,(H,25,26)(H,27,28). The zero-order valence-corrected chi connectivity index (χ0v) is 16.6. The molecule has 28 heavy (non-hydrogen) atoms. The van der Waals surface area contributed by atoms with Crippen molar-refractivity contribution in [1.29, 1.82) is 0 Å². The minimum Gasteiger partial charge on any atom is -0.478 e. The molecule has 0 bridgehead atoms. The lowest BCUT2D eigenvalue weighted by Gasteiger charge is -2.13. The van der Waals surface area contributed by atoms with Crippen molar-refractivity contribution in [1.82, 2.24) is 4.98 Å². The van der Waals surface area contributed by atoms with Crippen LogP contribution in [0.2, 0.25) is 10.0 Å². The molecule has 5 nitrogen and oxygen atoms in total. The monoisotopic (exact) mass is 414 g/mol. The molecular formula is C21H16Cl2N2O3. The van der Waals surface area contributed by atoms with Crippen molar-refractivity contribution in [3.8, 4) is 11.3 Å². The zero-order valence-electron chi connectivity index (χ0n) is 15.1. The Labute approximate surface area is 171 Å². The minimum atomic E-state index is -1.02. The van der Waals surface area contributed by atoms with E-state index in [2.05, 4.69) is 10.3 Å². The molecule has 0 aliphatic heterocycles. The van der Waals surface area contributed by atoms with Gasteiger partial charge in [0.25, 0.3) is 5.91 Å². The number of hydrogen-bond acceptors (Lipinski definition) is 3. The second kappa shape index (κ2) is 8.00. The van der Waals surface area contributed by atoms with Gasteiger partial charge in [0.15, 0.2) is 0 Å². The Morgan fingerprint density at radius 1 is 1.00 bits per heavy atom. The van der Waals surface area contributed by atoms with E-state index in [0.29, 0.717) is 27.5 Å². The van der Waals surface area contributed by atoms with Crippen LogP contribution in [0.1, 0.15) is 32.0 Å². The van der Waals surface area contributed by atoms with Crippen molar-refractivity contribution < 1.29 is 14.7 Å². The molecule has 3 aromatic rings. The van der Waals surface area contributed by atoms with Crippen LogP contribution in [0.15, 0.2) is 48.5 Å². The SMILES string of the molecule is Cc1cc(C(=O)O)cc(C)c1NC(=O)c1nc(-c2cccc(Cl)c2)ccc1Cl. The van der Waals surface area contributed by atoms with Gasteiger partial charge in [-0.15, -0.1) is 0 Å². The van der Waals surface area contributed by atoms with E-state index in [4.69, 9.17) is 28.3 Å². The fourth-order valence-electron chi connectivity index (χ4n) is 2.87. The number of nitrogens with one attached hydrogen (secondary N) is 1. The molecule has 0 aliphatic rings. The van der Waals surface area contributed by atoms with E-state index < -0.39 is 11.9 Å². The Hall–Kier alpha value is -2.89. The maximum Gasteiger partial charge on any atom is 0.335 e. The van der Waals surface area contributed by atoms with E-state index >= 15 is 0 Å². The highest BCUT2D eigenvalue weighted by Crippen LogP contribution is 2.27. The number of halogens is 2. The Bertz CT molecular complexity index is 1070. The van der Waals surface area contributed by atoms with Crippen LogP contribution in [0.4, 0.5) is 5.69 Å². The van der Waals surface area contributed by atoms with Gasteiger partial charge in [0, 0.05) is 16.3 Å². The summed E-state index contributed by atoms with van der Waals surface area (Å²) in [6, 6.07) is 13.5. The fourth-order valence-corrected chi connectivity index (χ4v) is 3.25. The van der Waals surface area contributed by atoms with Gasteiger partial charge >= 0.3 is 5.97 Å². The van der Waals surface area contributed by atoms with Gasteiger partial charge < -0.3 is 10.4 Å². The first kappa shape index (κ1) is 19.9. The maximum absolute atomic E-state index is 12.8. The summed E-state index contributed by atoms with van der Waals surface area (Å²) in [5.74, 6) is -1.51. The number of carboxylic acids is 1. The topological polar surface area (TPSA) is 79.3 Å². The van der Waals surface area contributed by atoms with Crippen LogP contribution in [-0.4, -0.2) is 22.0 Å². The molecule has 7 heteroatoms. The molecule has 0 spiro atoms. The van der Waals surface area contributed by atoms with Gasteiger partial charge in [-0.3, -0.25) is 4.79 Å². The third-order valence-corrected chi connectivity index (χ3v) is 4.74. The van der Waals surface area contributed by atoms with Crippen molar-refractivity contribution in [3.63, 3.8) is 0 Å². The van der Waals surface area contributed by atoms with Crippen LogP contribution in [0.5, 0.6) is 0 Å². The molecule has 1 aromatic heterocycles. The Balaban J connectivity index is 1.95. The summed E-state index contributed by atoms with van der Waals surface area (Å²) in [7, 11) is 0. The van der Waals surface area contributed by atoms with Crippen molar-refractivity contribution in [2.24, 2.45) is 0 Å². The van der Waals surface area contributed by atoms with E-state index in [9.17, 15) is 9.59 Å². The lowest BCUT2D eigenvalue weighted by Crippen LogP contribution is -2.16. The van der Waals surface area contributed by atoms with Gasteiger partial charge in [0.05, 0.1) is 16.3 Å². The number of pyridine rings is 1. The zero-order chi connectivity index (χ0) is 20.4. The van der Waals surface area contributed by atoms with Crippen molar-refractivity contribution in [2.75, 3.05) is 5.32 Å². The third-order valence-electron chi connectivity index (χ3n) is 4.20. The molecular weight excluding hydrogens is 399 g/mol. The Morgan fingerprint density at radius 3 is 2.29 bits per heavy atom. The van der Waals surface area contributed by atoms with Crippen molar-refractivity contribution in [2.45, 2.75) is 13.8 Å². The Morgan fingerprint density at radius 2 is 1.68 bits per heavy atom. The number of aryl methyl sites for hydroxylation is 2. The molecule has 1 heterocycles. The van der Waals surface area contributed by atoms with Gasteiger partial charge in [-0.1, -0.05) is 35.3 Å². The molecule has 0 saturated carbocycles. The number of amides is 1. The summed E-state index contributed by atoms with van der Waals surface area (Å²) >= 11 is 12.2. The molecule has 142 valence electrons. The molecule has 2 aromatic carbocycles. The molecule has 0 fully saturated rings. The largest absolute Gasteiger partial charge is 0.478 e. The van der Waals surface area contributed by atoms with E-state index in [1.54, 1.807) is 44.2 Å². The number of nitrogens with zero attached hydrogens (tertiary/aromatic N) is 1. The average molecular weight is 415 g/mol. The first-order valence-electron chi connectivity index (χ1n) is 8.34. The normalized spacial score (nSPS) is 10.6. The van der Waals surface area contributed by atoms with Crippen LogP contribution < -0.4 is 5.32 Å². The summed E-state index contributed by atoms with van der Waals surface area (Å²) in [5.41, 5.74) is 3.34. The van der Waals surface area contributed by atoms with E-state index in [1.807, 2.05) is 6.07 Å². The maximum atomic E-state index is 12.8. The summed E-state index contributed by atoms with van der Waals surface area (Å²) in [4.78, 5) is 28.4. The van der Waals surface area contributed by atoms with E-state index in [1.165, 1.54) is 12.1 Å². The quantitative estimate of drug-likeness (QED) is 0.580. The predicted molar refractivity (Wildman–Crippen MR) is 111 cm³/mol. The minimum absolute atomic E-state index is 0.0697. The van der Waals surface area contributed by atoms with Crippen LogP contribution in [0, 0.1) is 13.8 Å². The smallest absolute Gasteiger partial charge is 0.335 e. The van der Waals surface area contributed by atoms with Crippen LogP contribution >= 0.6 is 23.2 Å². The third kappa shape index (κ3) is 4.16. The number of benzene rings is 2. The van der Waals surface area contributed by atoms with Crippen LogP contribution in [0.25, 0.3) is 11.3 Å². The summed E-state index contributed by atoms with van der Waals surface area (Å²) < 4.78 is 0. The second-order valence-corrected chi connectivity index (χ2v) is 7.13. The van der Waals surface area contributed by atoms with Gasteiger partial charge in [-0.2, -0.15) is 0 Å². The van der Waals surface area contributed by atoms with E-state index in [-0.39, 0.29) is 16.3 Å². The number of carboxylic acid groups (broad SMARTS) is 1. The fraction of sp³-hybridized carbons (Fsp3) is 0.0952. The van der Waals surface area contributed by atoms with Crippen LogP contribution in [-0.2, 0) is 0 Å². The average Bonchev–Trinajstić information content (AvgIpc) is 2.64. The number of carbonyl (C=O) groups excluding carboxylic acids is 1. The molecule has 2 N–H and O–H groups in total. The first-order valence-corrected chi connectivity index (χ1v) is 9.10. The molecule has 0 radical (unpaired) electrons. The number of aromatic carboxylic acids is 1. The van der Waals surface area contributed by atoms with Crippen molar-refractivity contribution >= 4 is 40.8 Å². The number of carbonyl (C=O) groups is 2. The molecule has 3 rings (SSSR count). The molecule has 0 saturated heterocycles. The van der Waals surface area contributed by atoms with Gasteiger partial charge in [0.1, 0.15) is 5.69 Å².